The van der Waals surface area contributed by atoms with Crippen LogP contribution in [0, 0.1) is 16.7 Å². The first-order chi connectivity index (χ1) is 11.8. The second kappa shape index (κ2) is 6.33. The minimum absolute atomic E-state index is 0.152. The van der Waals surface area contributed by atoms with Crippen LogP contribution in [0.3, 0.4) is 0 Å². The number of nitrogens with one attached hydrogen (secondary N) is 2. The summed E-state index contributed by atoms with van der Waals surface area (Å²) in [6.45, 7) is 0. The fourth-order valence-electron chi connectivity index (χ4n) is 3.06. The van der Waals surface area contributed by atoms with Gasteiger partial charge in [0.05, 0.1) is 6.10 Å². The van der Waals surface area contributed by atoms with Gasteiger partial charge in [-0.2, -0.15) is 0 Å². The minimum atomic E-state index is -4.76. The monoisotopic (exact) mass is 348 g/mol. The molecule has 0 saturated carbocycles. The molecule has 2 atom stereocenters. The zero-order chi connectivity index (χ0) is 18.2. The van der Waals surface area contributed by atoms with Gasteiger partial charge in [0.25, 0.3) is 0 Å². The van der Waals surface area contributed by atoms with Gasteiger partial charge in [0, 0.05) is 17.8 Å². The predicted octanol–water partition coefficient (Wildman–Crippen LogP) is 3.86. The normalized spacial score (nSPS) is 19.4. The van der Waals surface area contributed by atoms with Crippen molar-refractivity contribution in [3.63, 3.8) is 0 Å². The van der Waals surface area contributed by atoms with Gasteiger partial charge in [0.2, 0.25) is 0 Å². The van der Waals surface area contributed by atoms with Gasteiger partial charge >= 0.3 is 6.36 Å². The second-order valence-electron chi connectivity index (χ2n) is 5.84. The Morgan fingerprint density at radius 3 is 2.44 bits per heavy atom. The molecule has 25 heavy (non-hydrogen) atoms. The van der Waals surface area contributed by atoms with E-state index in [2.05, 4.69) is 4.74 Å². The summed E-state index contributed by atoms with van der Waals surface area (Å²) >= 11 is 0. The summed E-state index contributed by atoms with van der Waals surface area (Å²) in [6.07, 6.45) is -3.96. The lowest BCUT2D eigenvalue weighted by molar-refractivity contribution is -0.274. The number of aliphatic hydroxyl groups excluding tert-OH is 1. The highest BCUT2D eigenvalue weighted by atomic mass is 19.4. The van der Waals surface area contributed by atoms with Gasteiger partial charge in [-0.15, -0.1) is 13.2 Å². The minimum Gasteiger partial charge on any atom is -0.406 e. The van der Waals surface area contributed by atoms with E-state index in [0.717, 1.165) is 23.3 Å². The highest BCUT2D eigenvalue weighted by molar-refractivity contribution is 6.01. The predicted molar refractivity (Wildman–Crippen MR) is 86.4 cm³/mol. The van der Waals surface area contributed by atoms with Crippen molar-refractivity contribution in [2.24, 2.45) is 5.92 Å². The number of ether oxygens (including phenoxy) is 1. The van der Waals surface area contributed by atoms with Crippen molar-refractivity contribution in [1.29, 1.82) is 10.8 Å². The number of fused-ring (bicyclic) bond motifs is 1. The second-order valence-corrected chi connectivity index (χ2v) is 5.84. The largest absolute Gasteiger partial charge is 0.573 e. The average molecular weight is 348 g/mol. The van der Waals surface area contributed by atoms with Crippen molar-refractivity contribution in [3.8, 4) is 5.75 Å². The third-order valence-corrected chi connectivity index (χ3v) is 4.24. The summed E-state index contributed by atoms with van der Waals surface area (Å²) in [5, 5.41) is 26.1. The molecule has 4 nitrogen and oxygen atoms in total. The Hall–Kier alpha value is -2.67. The molecule has 0 bridgehead atoms. The van der Waals surface area contributed by atoms with Crippen LogP contribution < -0.4 is 4.74 Å². The molecule has 2 aromatic rings. The Kier molecular flexibility index (Phi) is 4.34. The maximum absolute atomic E-state index is 12.2. The summed E-state index contributed by atoms with van der Waals surface area (Å²) in [4.78, 5) is 0. The third-order valence-electron chi connectivity index (χ3n) is 4.24. The van der Waals surface area contributed by atoms with E-state index in [-0.39, 0.29) is 11.5 Å². The molecule has 1 aliphatic carbocycles. The van der Waals surface area contributed by atoms with Gasteiger partial charge in [-0.25, -0.2) is 0 Å². The molecule has 7 heteroatoms. The molecule has 0 spiro atoms. The van der Waals surface area contributed by atoms with Crippen LogP contribution in [0.25, 0.3) is 0 Å². The van der Waals surface area contributed by atoms with E-state index in [1.54, 1.807) is 18.2 Å². The molecule has 1 aliphatic rings. The third kappa shape index (κ3) is 3.56. The summed E-state index contributed by atoms with van der Waals surface area (Å²) in [6, 6.07) is 10.3. The van der Waals surface area contributed by atoms with E-state index in [4.69, 9.17) is 10.8 Å². The molecular formula is C18H15F3N2O2. The number of aliphatic hydroxyl groups is 1. The summed E-state index contributed by atoms with van der Waals surface area (Å²) in [5.41, 5.74) is 2.89. The van der Waals surface area contributed by atoms with Gasteiger partial charge in [0.15, 0.2) is 0 Å². The lowest BCUT2D eigenvalue weighted by Gasteiger charge is -2.17. The summed E-state index contributed by atoms with van der Waals surface area (Å²) in [5.74, 6) is -0.833. The molecule has 0 heterocycles. The van der Waals surface area contributed by atoms with Crippen LogP contribution in [0.5, 0.6) is 5.75 Å². The van der Waals surface area contributed by atoms with E-state index in [1.165, 1.54) is 18.3 Å². The van der Waals surface area contributed by atoms with Crippen molar-refractivity contribution < 1.29 is 23.0 Å². The van der Waals surface area contributed by atoms with Gasteiger partial charge in [-0.1, -0.05) is 12.1 Å². The molecule has 0 saturated heterocycles. The molecule has 3 N–H and O–H groups in total. The van der Waals surface area contributed by atoms with Crippen molar-refractivity contribution in [3.05, 3.63) is 64.7 Å². The molecule has 3 rings (SSSR count). The van der Waals surface area contributed by atoms with E-state index in [0.29, 0.717) is 17.5 Å². The molecule has 130 valence electrons. The first kappa shape index (κ1) is 17.2. The molecule has 0 aromatic heterocycles. The number of halogens is 3. The maximum atomic E-state index is 12.2. The van der Waals surface area contributed by atoms with Crippen LogP contribution in [-0.2, 0) is 6.42 Å². The van der Waals surface area contributed by atoms with E-state index in [1.807, 2.05) is 0 Å². The SMILES string of the molecule is N=Cc1ccc2c(c1)CC(C(=N)c1ccc(OC(F)(F)F)cc1)C2O. The first-order valence-electron chi connectivity index (χ1n) is 7.54. The van der Waals surface area contributed by atoms with Crippen LogP contribution in [-0.4, -0.2) is 23.4 Å². The summed E-state index contributed by atoms with van der Waals surface area (Å²) < 4.78 is 40.4. The highest BCUT2D eigenvalue weighted by Crippen LogP contribution is 2.38. The van der Waals surface area contributed by atoms with E-state index < -0.39 is 18.4 Å². The highest BCUT2D eigenvalue weighted by Gasteiger charge is 2.35. The molecule has 0 radical (unpaired) electrons. The molecule has 0 aliphatic heterocycles. The molecule has 2 aromatic carbocycles. The fourth-order valence-corrected chi connectivity index (χ4v) is 3.06. The van der Waals surface area contributed by atoms with Crippen molar-refractivity contribution in [2.45, 2.75) is 18.9 Å². The lowest BCUT2D eigenvalue weighted by Crippen LogP contribution is -2.20. The smallest absolute Gasteiger partial charge is 0.406 e. The van der Waals surface area contributed by atoms with Gasteiger partial charge in [-0.05, 0) is 59.0 Å². The average Bonchev–Trinajstić information content (AvgIpc) is 2.89. The standard InChI is InChI=1S/C18H15F3N2O2/c19-18(20,21)25-13-4-2-11(3-5-13)16(23)15-8-12-7-10(9-22)1-6-14(12)17(15)24/h1-7,9,15,17,22-24H,8H2. The Morgan fingerprint density at radius 1 is 1.16 bits per heavy atom. The number of hydrogen-bond donors (Lipinski definition) is 3. The number of alkyl halides is 3. The van der Waals surface area contributed by atoms with Crippen LogP contribution in [0.1, 0.15) is 28.4 Å². The quantitative estimate of drug-likeness (QED) is 0.734. The van der Waals surface area contributed by atoms with E-state index >= 15 is 0 Å². The fraction of sp³-hybridized carbons (Fsp3) is 0.222. The lowest BCUT2D eigenvalue weighted by atomic mass is 9.92. The molecule has 0 fully saturated rings. The van der Waals surface area contributed by atoms with Gasteiger partial charge in [-0.3, -0.25) is 0 Å². The Balaban J connectivity index is 1.79. The van der Waals surface area contributed by atoms with Crippen molar-refractivity contribution >= 4 is 11.9 Å². The zero-order valence-electron chi connectivity index (χ0n) is 13.0. The molecule has 0 amide bonds. The van der Waals surface area contributed by atoms with E-state index in [9.17, 15) is 18.3 Å². The zero-order valence-corrected chi connectivity index (χ0v) is 13.0. The van der Waals surface area contributed by atoms with Crippen molar-refractivity contribution in [2.75, 3.05) is 0 Å². The molecular weight excluding hydrogens is 333 g/mol. The van der Waals surface area contributed by atoms with Crippen LogP contribution in [0.4, 0.5) is 13.2 Å². The Bertz CT molecular complexity index is 816. The van der Waals surface area contributed by atoms with Gasteiger partial charge < -0.3 is 20.7 Å². The Morgan fingerprint density at radius 2 is 1.84 bits per heavy atom. The number of rotatable bonds is 4. The number of hydrogen-bond acceptors (Lipinski definition) is 4. The van der Waals surface area contributed by atoms with Crippen molar-refractivity contribution in [1.82, 2.24) is 0 Å². The number of benzene rings is 2. The van der Waals surface area contributed by atoms with Crippen LogP contribution in [0.15, 0.2) is 42.5 Å². The van der Waals surface area contributed by atoms with Gasteiger partial charge in [0.1, 0.15) is 5.75 Å². The van der Waals surface area contributed by atoms with Crippen LogP contribution >= 0.6 is 0 Å². The Labute approximate surface area is 141 Å². The topological polar surface area (TPSA) is 77.2 Å². The van der Waals surface area contributed by atoms with Crippen LogP contribution in [0.2, 0.25) is 0 Å². The maximum Gasteiger partial charge on any atom is 0.573 e. The molecule has 2 unspecified atom stereocenters. The summed E-state index contributed by atoms with van der Waals surface area (Å²) in [7, 11) is 0. The first-order valence-corrected chi connectivity index (χ1v) is 7.54.